The maximum Gasteiger partial charge on any atom is 0.311 e. The van der Waals surface area contributed by atoms with Gasteiger partial charge in [-0.15, -0.1) is 0 Å². The van der Waals surface area contributed by atoms with Crippen LogP contribution in [-0.2, 0) is 9.53 Å². The second kappa shape index (κ2) is 6.95. The van der Waals surface area contributed by atoms with E-state index < -0.39 is 0 Å². The number of thioether (sulfide) groups is 1. The van der Waals surface area contributed by atoms with Gasteiger partial charge in [0.25, 0.3) is 0 Å². The minimum Gasteiger partial charge on any atom is -0.465 e. The molecule has 4 heteroatoms. The monoisotopic (exact) mass is 203 g/mol. The van der Waals surface area contributed by atoms with Crippen LogP contribution in [0.2, 0.25) is 0 Å². The van der Waals surface area contributed by atoms with Gasteiger partial charge in [-0.05, 0) is 12.2 Å². The van der Waals surface area contributed by atoms with E-state index in [-0.39, 0.29) is 12.4 Å². The summed E-state index contributed by atoms with van der Waals surface area (Å²) in [5.41, 5.74) is 0.349. The van der Waals surface area contributed by atoms with Gasteiger partial charge in [0.15, 0.2) is 0 Å². The average molecular weight is 203 g/mol. The second-order valence-corrected chi connectivity index (χ2v) is 4.78. The quantitative estimate of drug-likeness (QED) is 0.408. The summed E-state index contributed by atoms with van der Waals surface area (Å²) in [6, 6.07) is 0. The van der Waals surface area contributed by atoms with Crippen molar-refractivity contribution in [2.75, 3.05) is 12.4 Å². The molecule has 0 rings (SSSR count). The number of hydrogen-bond acceptors (Lipinski definition) is 4. The number of carbonyl (C=O) groups is 1. The van der Waals surface area contributed by atoms with Gasteiger partial charge < -0.3 is 10.1 Å². The van der Waals surface area contributed by atoms with E-state index in [1.54, 1.807) is 18.7 Å². The molecule has 1 N–H and O–H groups in total. The molecule has 0 spiro atoms. The van der Waals surface area contributed by atoms with Crippen LogP contribution in [-0.4, -0.2) is 29.3 Å². The molecule has 76 valence electrons. The SMILES string of the molecule is CC(=N)CC(=O)OCCSC(C)C. The van der Waals surface area contributed by atoms with Crippen molar-refractivity contribution in [2.45, 2.75) is 32.4 Å². The first-order valence-electron chi connectivity index (χ1n) is 4.33. The first-order valence-corrected chi connectivity index (χ1v) is 5.38. The summed E-state index contributed by atoms with van der Waals surface area (Å²) < 4.78 is 4.90. The van der Waals surface area contributed by atoms with Gasteiger partial charge in [-0.2, -0.15) is 11.8 Å². The fourth-order valence-electron chi connectivity index (χ4n) is 0.707. The zero-order valence-electron chi connectivity index (χ0n) is 8.42. The lowest BCUT2D eigenvalue weighted by Gasteiger charge is -2.05. The largest absolute Gasteiger partial charge is 0.465 e. The van der Waals surface area contributed by atoms with E-state index in [0.29, 0.717) is 17.6 Å². The summed E-state index contributed by atoms with van der Waals surface area (Å²) in [5, 5.41) is 7.64. The predicted octanol–water partition coefficient (Wildman–Crippen LogP) is 2.10. The Morgan fingerprint density at radius 2 is 2.15 bits per heavy atom. The van der Waals surface area contributed by atoms with Gasteiger partial charge >= 0.3 is 5.97 Å². The fraction of sp³-hybridized carbons (Fsp3) is 0.778. The zero-order valence-corrected chi connectivity index (χ0v) is 9.24. The summed E-state index contributed by atoms with van der Waals surface area (Å²) in [6.45, 7) is 6.27. The number of nitrogens with one attached hydrogen (secondary N) is 1. The molecular weight excluding hydrogens is 186 g/mol. The molecule has 0 aromatic heterocycles. The second-order valence-electron chi connectivity index (χ2n) is 3.10. The van der Waals surface area contributed by atoms with Crippen LogP contribution >= 0.6 is 11.8 Å². The summed E-state index contributed by atoms with van der Waals surface area (Å²) in [6.07, 6.45) is 0.117. The summed E-state index contributed by atoms with van der Waals surface area (Å²) in [7, 11) is 0. The van der Waals surface area contributed by atoms with Crippen molar-refractivity contribution in [1.82, 2.24) is 0 Å². The van der Waals surface area contributed by atoms with Gasteiger partial charge in [0, 0.05) is 11.5 Å². The highest BCUT2D eigenvalue weighted by molar-refractivity contribution is 7.99. The van der Waals surface area contributed by atoms with E-state index in [0.717, 1.165) is 5.75 Å². The summed E-state index contributed by atoms with van der Waals surface area (Å²) in [5.74, 6) is 0.539. The summed E-state index contributed by atoms with van der Waals surface area (Å²) in [4.78, 5) is 10.9. The maximum atomic E-state index is 10.9. The van der Waals surface area contributed by atoms with Gasteiger partial charge in [-0.1, -0.05) is 13.8 Å². The standard InChI is InChI=1S/C9H17NO2S/c1-7(2)13-5-4-12-9(11)6-8(3)10/h7,10H,4-6H2,1-3H3. The molecule has 0 bridgehead atoms. The molecule has 0 radical (unpaired) electrons. The lowest BCUT2D eigenvalue weighted by Crippen LogP contribution is -2.11. The van der Waals surface area contributed by atoms with Crippen LogP contribution in [0.4, 0.5) is 0 Å². The summed E-state index contributed by atoms with van der Waals surface area (Å²) >= 11 is 1.76. The van der Waals surface area contributed by atoms with E-state index in [1.807, 2.05) is 0 Å². The van der Waals surface area contributed by atoms with E-state index in [4.69, 9.17) is 10.1 Å². The van der Waals surface area contributed by atoms with Crippen molar-refractivity contribution in [3.8, 4) is 0 Å². The van der Waals surface area contributed by atoms with Crippen LogP contribution < -0.4 is 0 Å². The lowest BCUT2D eigenvalue weighted by molar-refractivity contribution is -0.141. The van der Waals surface area contributed by atoms with E-state index in [2.05, 4.69) is 13.8 Å². The molecule has 0 unspecified atom stereocenters. The van der Waals surface area contributed by atoms with Crippen LogP contribution in [0, 0.1) is 5.41 Å². The highest BCUT2D eigenvalue weighted by Gasteiger charge is 2.03. The molecule has 13 heavy (non-hydrogen) atoms. The third-order valence-electron chi connectivity index (χ3n) is 1.21. The van der Waals surface area contributed by atoms with Crippen molar-refractivity contribution in [3.05, 3.63) is 0 Å². The molecule has 0 amide bonds. The van der Waals surface area contributed by atoms with Gasteiger partial charge in [0.05, 0.1) is 6.42 Å². The Labute approximate surface area is 83.7 Å². The minimum atomic E-state index is -0.295. The molecule has 0 aliphatic rings. The molecule has 0 heterocycles. The van der Waals surface area contributed by atoms with Gasteiger partial charge in [-0.3, -0.25) is 4.79 Å². The number of esters is 1. The van der Waals surface area contributed by atoms with Gasteiger partial charge in [-0.25, -0.2) is 0 Å². The number of carbonyl (C=O) groups excluding carboxylic acids is 1. The van der Waals surface area contributed by atoms with Crippen LogP contribution in [0.5, 0.6) is 0 Å². The Morgan fingerprint density at radius 3 is 2.62 bits per heavy atom. The zero-order chi connectivity index (χ0) is 10.3. The first kappa shape index (κ1) is 12.5. The number of rotatable bonds is 6. The molecule has 0 aromatic rings. The Kier molecular flexibility index (Phi) is 6.68. The van der Waals surface area contributed by atoms with E-state index in [1.165, 1.54) is 0 Å². The molecule has 0 aliphatic carbocycles. The third-order valence-corrected chi connectivity index (χ3v) is 2.28. The molecule has 0 aromatic carbocycles. The Balaban J connectivity index is 3.32. The van der Waals surface area contributed by atoms with Crippen LogP contribution in [0.15, 0.2) is 0 Å². The minimum absolute atomic E-state index is 0.117. The molecule has 0 saturated heterocycles. The fourth-order valence-corrected chi connectivity index (χ4v) is 1.36. The van der Waals surface area contributed by atoms with E-state index >= 15 is 0 Å². The molecule has 3 nitrogen and oxygen atoms in total. The van der Waals surface area contributed by atoms with Crippen molar-refractivity contribution >= 4 is 23.4 Å². The van der Waals surface area contributed by atoms with Gasteiger partial charge in [0.1, 0.15) is 6.61 Å². The topological polar surface area (TPSA) is 50.2 Å². The Morgan fingerprint density at radius 1 is 1.54 bits per heavy atom. The molecule has 0 aliphatic heterocycles. The molecular formula is C9H17NO2S. The van der Waals surface area contributed by atoms with Crippen molar-refractivity contribution in [1.29, 1.82) is 5.41 Å². The van der Waals surface area contributed by atoms with Crippen LogP contribution in [0.1, 0.15) is 27.2 Å². The van der Waals surface area contributed by atoms with Crippen molar-refractivity contribution in [2.24, 2.45) is 0 Å². The molecule has 0 saturated carbocycles. The van der Waals surface area contributed by atoms with Crippen LogP contribution in [0.3, 0.4) is 0 Å². The highest BCUT2D eigenvalue weighted by Crippen LogP contribution is 2.07. The smallest absolute Gasteiger partial charge is 0.311 e. The normalized spacial score (nSPS) is 10.2. The van der Waals surface area contributed by atoms with E-state index in [9.17, 15) is 4.79 Å². The number of ether oxygens (including phenoxy) is 1. The Bertz CT molecular complexity index is 180. The molecule has 0 atom stereocenters. The van der Waals surface area contributed by atoms with Crippen molar-refractivity contribution in [3.63, 3.8) is 0 Å². The third kappa shape index (κ3) is 9.40. The van der Waals surface area contributed by atoms with Crippen LogP contribution in [0.25, 0.3) is 0 Å². The maximum absolute atomic E-state index is 10.9. The predicted molar refractivity (Wildman–Crippen MR) is 56.6 cm³/mol. The Hall–Kier alpha value is -0.510. The van der Waals surface area contributed by atoms with Crippen molar-refractivity contribution < 1.29 is 9.53 Å². The highest BCUT2D eigenvalue weighted by atomic mass is 32.2. The molecule has 0 fully saturated rings. The average Bonchev–Trinajstić information content (AvgIpc) is 1.96. The first-order chi connectivity index (χ1) is 6.02. The lowest BCUT2D eigenvalue weighted by atomic mass is 10.3. The van der Waals surface area contributed by atoms with Gasteiger partial charge in [0.2, 0.25) is 0 Å². The number of hydrogen-bond donors (Lipinski definition) is 1.